The summed E-state index contributed by atoms with van der Waals surface area (Å²) < 4.78 is 26.9. The van der Waals surface area contributed by atoms with Gasteiger partial charge in [-0.2, -0.15) is 0 Å². The molecule has 1 atom stereocenters. The fourth-order valence-electron chi connectivity index (χ4n) is 4.84. The first-order valence-electron chi connectivity index (χ1n) is 12.2. The fourth-order valence-corrected chi connectivity index (χ4v) is 5.97. The Hall–Kier alpha value is -3.24. The lowest BCUT2D eigenvalue weighted by molar-refractivity contribution is -0.132. The van der Waals surface area contributed by atoms with Crippen molar-refractivity contribution < 1.29 is 18.0 Å². The zero-order chi connectivity index (χ0) is 26.7. The Morgan fingerprint density at radius 3 is 2.38 bits per heavy atom. The number of nitrogens with zero attached hydrogens (tertiary/aromatic N) is 3. The number of benzene rings is 2. The molecule has 2 aliphatic rings. The Balaban J connectivity index is 1.36. The average molecular weight is 546 g/mol. The standard InChI is InChI=1S/C26H32ClN5O4S/c1-18(28)16-25(33)29-37(35,36)23-8-6-22(7-9-23)30-12-14-31(15-13-30)26(34)19(2)32-11-3-4-20-17-21(27)5-10-24(20)32/h5-10,16-17,19H,3-4,11-15,28H2,1-2H3,(H,29,33)/t19-/m1/s1. The third-order valence-corrected chi connectivity index (χ3v) is 8.32. The Morgan fingerprint density at radius 2 is 1.73 bits per heavy atom. The Morgan fingerprint density at radius 1 is 1.05 bits per heavy atom. The Bertz CT molecular complexity index is 1300. The first-order chi connectivity index (χ1) is 17.5. The predicted octanol–water partition coefficient (Wildman–Crippen LogP) is 2.50. The Labute approximate surface area is 222 Å². The zero-order valence-electron chi connectivity index (χ0n) is 21.0. The number of sulfonamides is 1. The van der Waals surface area contributed by atoms with Crippen LogP contribution in [0.5, 0.6) is 0 Å². The zero-order valence-corrected chi connectivity index (χ0v) is 22.6. The molecule has 198 valence electrons. The van der Waals surface area contributed by atoms with Crippen LogP contribution in [-0.2, 0) is 26.0 Å². The molecule has 0 radical (unpaired) electrons. The highest BCUT2D eigenvalue weighted by Crippen LogP contribution is 2.31. The minimum atomic E-state index is -4.00. The van der Waals surface area contributed by atoms with Gasteiger partial charge in [0.05, 0.1) is 4.90 Å². The summed E-state index contributed by atoms with van der Waals surface area (Å²) in [5, 5.41) is 0.713. The number of fused-ring (bicyclic) bond motifs is 1. The van der Waals surface area contributed by atoms with Gasteiger partial charge in [0.2, 0.25) is 5.91 Å². The van der Waals surface area contributed by atoms with E-state index in [2.05, 4.69) is 9.80 Å². The molecule has 3 N–H and O–H groups in total. The summed E-state index contributed by atoms with van der Waals surface area (Å²) in [6.45, 7) is 6.71. The van der Waals surface area contributed by atoms with Gasteiger partial charge in [0.1, 0.15) is 6.04 Å². The molecule has 2 aliphatic heterocycles. The molecule has 2 aromatic rings. The van der Waals surface area contributed by atoms with Crippen LogP contribution in [0.25, 0.3) is 0 Å². The van der Waals surface area contributed by atoms with E-state index in [1.807, 2.05) is 34.7 Å². The number of carbonyl (C=O) groups is 2. The van der Waals surface area contributed by atoms with Crippen molar-refractivity contribution in [3.63, 3.8) is 0 Å². The molecule has 1 saturated heterocycles. The lowest BCUT2D eigenvalue weighted by atomic mass is 10.00. The number of halogens is 1. The van der Waals surface area contributed by atoms with Crippen LogP contribution in [0.15, 0.2) is 59.1 Å². The van der Waals surface area contributed by atoms with Crippen LogP contribution in [-0.4, -0.2) is 63.9 Å². The number of nitrogens with two attached hydrogens (primary N) is 1. The summed E-state index contributed by atoms with van der Waals surface area (Å²) in [6, 6.07) is 11.9. The monoisotopic (exact) mass is 545 g/mol. The number of hydrogen-bond acceptors (Lipinski definition) is 7. The summed E-state index contributed by atoms with van der Waals surface area (Å²) in [5.41, 5.74) is 8.75. The molecule has 0 spiro atoms. The van der Waals surface area contributed by atoms with E-state index in [1.54, 1.807) is 12.1 Å². The van der Waals surface area contributed by atoms with Gasteiger partial charge in [0.25, 0.3) is 15.9 Å². The van der Waals surface area contributed by atoms with E-state index in [0.29, 0.717) is 31.2 Å². The summed E-state index contributed by atoms with van der Waals surface area (Å²) >= 11 is 6.17. The predicted molar refractivity (Wildman–Crippen MR) is 145 cm³/mol. The summed E-state index contributed by atoms with van der Waals surface area (Å²) in [4.78, 5) is 31.3. The molecule has 37 heavy (non-hydrogen) atoms. The molecule has 4 rings (SSSR count). The smallest absolute Gasteiger partial charge is 0.264 e. The largest absolute Gasteiger partial charge is 0.402 e. The number of rotatable bonds is 6. The molecule has 2 aromatic carbocycles. The molecule has 2 heterocycles. The molecule has 9 nitrogen and oxygen atoms in total. The summed E-state index contributed by atoms with van der Waals surface area (Å²) in [5.74, 6) is -0.697. The highest BCUT2D eigenvalue weighted by atomic mass is 35.5. The molecule has 0 saturated carbocycles. The van der Waals surface area contributed by atoms with Gasteiger partial charge in [-0.1, -0.05) is 11.6 Å². The molecule has 0 aliphatic carbocycles. The summed E-state index contributed by atoms with van der Waals surface area (Å²) in [6.07, 6.45) is 2.97. The number of carbonyl (C=O) groups excluding carboxylic acids is 2. The minimum Gasteiger partial charge on any atom is -0.402 e. The number of hydrogen-bond donors (Lipinski definition) is 2. The molecule has 0 unspecified atom stereocenters. The number of amides is 2. The topological polar surface area (TPSA) is 116 Å². The highest BCUT2D eigenvalue weighted by molar-refractivity contribution is 7.90. The van der Waals surface area contributed by atoms with E-state index >= 15 is 0 Å². The van der Waals surface area contributed by atoms with Crippen molar-refractivity contribution in [2.45, 2.75) is 37.6 Å². The highest BCUT2D eigenvalue weighted by Gasteiger charge is 2.31. The second-order valence-electron chi connectivity index (χ2n) is 9.41. The van der Waals surface area contributed by atoms with E-state index in [1.165, 1.54) is 24.6 Å². The number of anilines is 2. The van der Waals surface area contributed by atoms with Crippen molar-refractivity contribution >= 4 is 44.8 Å². The maximum atomic E-state index is 13.4. The van der Waals surface area contributed by atoms with Gasteiger partial charge in [-0.15, -0.1) is 0 Å². The van der Waals surface area contributed by atoms with Crippen molar-refractivity contribution in [2.24, 2.45) is 5.73 Å². The lowest BCUT2D eigenvalue weighted by Gasteiger charge is -2.41. The normalized spacial score (nSPS) is 17.3. The third kappa shape index (κ3) is 6.19. The van der Waals surface area contributed by atoms with Crippen molar-refractivity contribution in [3.05, 3.63) is 64.8 Å². The first-order valence-corrected chi connectivity index (χ1v) is 14.1. The molecule has 0 aromatic heterocycles. The van der Waals surface area contributed by atoms with Crippen LogP contribution < -0.4 is 20.3 Å². The van der Waals surface area contributed by atoms with Crippen LogP contribution in [0, 0.1) is 0 Å². The molecule has 0 bridgehead atoms. The van der Waals surface area contributed by atoms with Crippen LogP contribution in [0.1, 0.15) is 25.8 Å². The fraction of sp³-hybridized carbons (Fsp3) is 0.385. The van der Waals surface area contributed by atoms with Crippen LogP contribution in [0.4, 0.5) is 11.4 Å². The van der Waals surface area contributed by atoms with E-state index < -0.39 is 15.9 Å². The van der Waals surface area contributed by atoms with Gasteiger partial charge in [-0.3, -0.25) is 9.59 Å². The van der Waals surface area contributed by atoms with E-state index in [-0.39, 0.29) is 22.5 Å². The number of piperazine rings is 1. The number of nitrogens with one attached hydrogen (secondary N) is 1. The number of allylic oxidation sites excluding steroid dienone is 1. The van der Waals surface area contributed by atoms with Crippen LogP contribution in [0.2, 0.25) is 5.02 Å². The third-order valence-electron chi connectivity index (χ3n) is 6.72. The molecule has 11 heteroatoms. The molecule has 2 amide bonds. The first kappa shape index (κ1) is 26.8. The van der Waals surface area contributed by atoms with E-state index in [4.69, 9.17) is 17.3 Å². The minimum absolute atomic E-state index is 0.0154. The molecule has 1 fully saturated rings. The van der Waals surface area contributed by atoms with Crippen molar-refractivity contribution in [1.82, 2.24) is 9.62 Å². The van der Waals surface area contributed by atoms with Crippen molar-refractivity contribution in [3.8, 4) is 0 Å². The maximum absolute atomic E-state index is 13.4. The van der Waals surface area contributed by atoms with Crippen LogP contribution >= 0.6 is 11.6 Å². The SMILES string of the molecule is CC(N)=CC(=O)NS(=O)(=O)c1ccc(N2CCN(C(=O)[C@@H](C)N3CCCc4cc(Cl)ccc43)CC2)cc1. The van der Waals surface area contributed by atoms with E-state index in [0.717, 1.165) is 36.8 Å². The maximum Gasteiger partial charge on any atom is 0.264 e. The van der Waals surface area contributed by atoms with Gasteiger partial charge in [0.15, 0.2) is 0 Å². The molecular formula is C26H32ClN5O4S. The second kappa shape index (κ2) is 11.0. The quantitative estimate of drug-likeness (QED) is 0.536. The number of aryl methyl sites for hydroxylation is 1. The molecular weight excluding hydrogens is 514 g/mol. The van der Waals surface area contributed by atoms with Crippen LogP contribution in [0.3, 0.4) is 0 Å². The average Bonchev–Trinajstić information content (AvgIpc) is 2.86. The van der Waals surface area contributed by atoms with Crippen molar-refractivity contribution in [1.29, 1.82) is 0 Å². The van der Waals surface area contributed by atoms with Gasteiger partial charge in [-0.25, -0.2) is 13.1 Å². The van der Waals surface area contributed by atoms with Crippen molar-refractivity contribution in [2.75, 3.05) is 42.5 Å². The van der Waals surface area contributed by atoms with Gasteiger partial charge in [0, 0.05) is 60.9 Å². The van der Waals surface area contributed by atoms with Gasteiger partial charge >= 0.3 is 0 Å². The van der Waals surface area contributed by atoms with Gasteiger partial charge in [-0.05, 0) is 74.7 Å². The van der Waals surface area contributed by atoms with E-state index in [9.17, 15) is 18.0 Å². The van der Waals surface area contributed by atoms with Gasteiger partial charge < -0.3 is 20.4 Å². The Kier molecular flexibility index (Phi) is 7.99. The lowest BCUT2D eigenvalue weighted by Crippen LogP contribution is -2.55. The second-order valence-corrected chi connectivity index (χ2v) is 11.5. The summed E-state index contributed by atoms with van der Waals surface area (Å²) in [7, 11) is -4.00.